The number of hydrogen-bond acceptors (Lipinski definition) is 2. The molecule has 0 aromatic heterocycles. The number of hydrogen-bond donors (Lipinski definition) is 0. The van der Waals surface area contributed by atoms with E-state index in [-0.39, 0.29) is 17.4 Å². The Balaban J connectivity index is 1.46. The van der Waals surface area contributed by atoms with Crippen molar-refractivity contribution >= 4 is 0 Å². The molecule has 0 saturated carbocycles. The zero-order chi connectivity index (χ0) is 23.2. The SMILES string of the molecule is C/C=C/C1CCC(c2ccc(-c3ccc(-c4ccc(OCCC)c(F)c4F)cc3)cc2)CO1. The summed E-state index contributed by atoms with van der Waals surface area (Å²) in [5, 5.41) is 0. The molecule has 1 fully saturated rings. The molecule has 33 heavy (non-hydrogen) atoms. The van der Waals surface area contributed by atoms with E-state index in [1.807, 2.05) is 44.2 Å². The van der Waals surface area contributed by atoms with E-state index in [4.69, 9.17) is 9.47 Å². The van der Waals surface area contributed by atoms with Crippen LogP contribution in [0.15, 0.2) is 72.8 Å². The van der Waals surface area contributed by atoms with Gasteiger partial charge in [-0.05, 0) is 60.6 Å². The minimum absolute atomic E-state index is 0.0458. The van der Waals surface area contributed by atoms with Crippen molar-refractivity contribution in [2.75, 3.05) is 13.2 Å². The van der Waals surface area contributed by atoms with Gasteiger partial charge in [0, 0.05) is 11.5 Å². The van der Waals surface area contributed by atoms with Gasteiger partial charge in [-0.2, -0.15) is 4.39 Å². The van der Waals surface area contributed by atoms with Crippen molar-refractivity contribution in [3.8, 4) is 28.0 Å². The summed E-state index contributed by atoms with van der Waals surface area (Å²) in [5.74, 6) is -1.45. The summed E-state index contributed by atoms with van der Waals surface area (Å²) in [5.41, 5.74) is 4.26. The van der Waals surface area contributed by atoms with Crippen LogP contribution in [-0.4, -0.2) is 19.3 Å². The molecule has 1 aliphatic rings. The molecule has 2 atom stereocenters. The van der Waals surface area contributed by atoms with Crippen molar-refractivity contribution in [3.05, 3.63) is 90.0 Å². The highest BCUT2D eigenvalue weighted by atomic mass is 19.2. The summed E-state index contributed by atoms with van der Waals surface area (Å²) >= 11 is 0. The molecule has 0 amide bonds. The molecule has 0 aliphatic carbocycles. The average Bonchev–Trinajstić information content (AvgIpc) is 2.86. The molecule has 0 N–H and O–H groups in total. The van der Waals surface area contributed by atoms with E-state index in [2.05, 4.69) is 30.3 Å². The molecule has 0 radical (unpaired) electrons. The van der Waals surface area contributed by atoms with E-state index < -0.39 is 11.6 Å². The Morgan fingerprint density at radius 3 is 2.15 bits per heavy atom. The summed E-state index contributed by atoms with van der Waals surface area (Å²) in [7, 11) is 0. The normalized spacial score (nSPS) is 18.5. The lowest BCUT2D eigenvalue weighted by molar-refractivity contribution is 0.0326. The van der Waals surface area contributed by atoms with Crippen LogP contribution in [0.1, 0.15) is 44.6 Å². The standard InChI is InChI=1S/C29H30F2O2/c1-3-5-25-15-14-24(19-33-25)22-8-6-20(7-9-22)21-10-12-23(13-11-21)26-16-17-27(32-18-4-2)29(31)28(26)30/h3,5-13,16-17,24-25H,4,14-15,18-19H2,1-2H3/b5-3+. The van der Waals surface area contributed by atoms with E-state index in [1.54, 1.807) is 6.07 Å². The minimum atomic E-state index is -0.940. The Hall–Kier alpha value is -2.98. The topological polar surface area (TPSA) is 18.5 Å². The molecule has 4 heteroatoms. The monoisotopic (exact) mass is 448 g/mol. The summed E-state index contributed by atoms with van der Waals surface area (Å²) in [6.45, 7) is 5.04. The van der Waals surface area contributed by atoms with Gasteiger partial charge in [0.1, 0.15) is 0 Å². The van der Waals surface area contributed by atoms with E-state index in [9.17, 15) is 8.78 Å². The molecule has 0 spiro atoms. The zero-order valence-corrected chi connectivity index (χ0v) is 19.2. The van der Waals surface area contributed by atoms with Crippen LogP contribution in [0.3, 0.4) is 0 Å². The third-order valence-electron chi connectivity index (χ3n) is 6.14. The van der Waals surface area contributed by atoms with E-state index in [1.165, 1.54) is 11.6 Å². The molecule has 3 aromatic carbocycles. The lowest BCUT2D eigenvalue weighted by Crippen LogP contribution is -2.23. The van der Waals surface area contributed by atoms with Gasteiger partial charge in [0.05, 0.1) is 19.3 Å². The van der Waals surface area contributed by atoms with Crippen LogP contribution in [0.5, 0.6) is 5.75 Å². The second-order valence-corrected chi connectivity index (χ2v) is 8.46. The Morgan fingerprint density at radius 1 is 0.879 bits per heavy atom. The van der Waals surface area contributed by atoms with Gasteiger partial charge in [-0.3, -0.25) is 0 Å². The molecule has 2 nitrogen and oxygen atoms in total. The average molecular weight is 449 g/mol. The molecule has 3 aromatic rings. The van der Waals surface area contributed by atoms with Gasteiger partial charge in [0.25, 0.3) is 0 Å². The first kappa shape index (κ1) is 23.2. The second-order valence-electron chi connectivity index (χ2n) is 8.46. The van der Waals surface area contributed by atoms with Crippen LogP contribution in [0.4, 0.5) is 8.78 Å². The number of allylic oxidation sites excluding steroid dienone is 1. The van der Waals surface area contributed by atoms with Crippen molar-refractivity contribution in [2.45, 2.75) is 45.1 Å². The zero-order valence-electron chi connectivity index (χ0n) is 19.2. The fourth-order valence-electron chi connectivity index (χ4n) is 4.27. The van der Waals surface area contributed by atoms with E-state index >= 15 is 0 Å². The van der Waals surface area contributed by atoms with Crippen LogP contribution in [0.2, 0.25) is 0 Å². The van der Waals surface area contributed by atoms with Gasteiger partial charge >= 0.3 is 0 Å². The van der Waals surface area contributed by atoms with Crippen molar-refractivity contribution in [2.24, 2.45) is 0 Å². The Bertz CT molecular complexity index is 1080. The van der Waals surface area contributed by atoms with Crippen molar-refractivity contribution < 1.29 is 18.3 Å². The molecule has 1 heterocycles. The highest BCUT2D eigenvalue weighted by Crippen LogP contribution is 2.33. The van der Waals surface area contributed by atoms with Gasteiger partial charge < -0.3 is 9.47 Å². The smallest absolute Gasteiger partial charge is 0.201 e. The van der Waals surface area contributed by atoms with Crippen LogP contribution in [-0.2, 0) is 4.74 Å². The van der Waals surface area contributed by atoms with E-state index in [0.29, 0.717) is 18.1 Å². The molecule has 1 saturated heterocycles. The second kappa shape index (κ2) is 10.8. The first-order valence-electron chi connectivity index (χ1n) is 11.7. The summed E-state index contributed by atoms with van der Waals surface area (Å²) < 4.78 is 40.2. The van der Waals surface area contributed by atoms with Gasteiger partial charge in [0.15, 0.2) is 11.6 Å². The predicted octanol–water partition coefficient (Wildman–Crippen LogP) is 7.93. The molecular weight excluding hydrogens is 418 g/mol. The van der Waals surface area contributed by atoms with E-state index in [0.717, 1.165) is 37.0 Å². The molecule has 1 aliphatic heterocycles. The summed E-state index contributed by atoms with van der Waals surface area (Å²) in [4.78, 5) is 0. The Kier molecular flexibility index (Phi) is 7.56. The lowest BCUT2D eigenvalue weighted by Gasteiger charge is -2.27. The minimum Gasteiger partial charge on any atom is -0.490 e. The molecule has 0 bridgehead atoms. The van der Waals surface area contributed by atoms with Crippen molar-refractivity contribution in [3.63, 3.8) is 0 Å². The Morgan fingerprint density at radius 2 is 1.55 bits per heavy atom. The fourth-order valence-corrected chi connectivity index (χ4v) is 4.27. The summed E-state index contributed by atoms with van der Waals surface area (Å²) in [6, 6.07) is 19.1. The maximum Gasteiger partial charge on any atom is 0.201 e. The van der Waals surface area contributed by atoms with Crippen molar-refractivity contribution in [1.82, 2.24) is 0 Å². The van der Waals surface area contributed by atoms with Gasteiger partial charge in [-0.15, -0.1) is 0 Å². The van der Waals surface area contributed by atoms with Crippen LogP contribution >= 0.6 is 0 Å². The highest BCUT2D eigenvalue weighted by molar-refractivity contribution is 5.71. The molecule has 4 rings (SSSR count). The fraction of sp³-hybridized carbons (Fsp3) is 0.310. The molecule has 2 unspecified atom stereocenters. The number of rotatable bonds is 7. The number of benzene rings is 3. The highest BCUT2D eigenvalue weighted by Gasteiger charge is 2.21. The van der Waals surface area contributed by atoms with Crippen LogP contribution in [0.25, 0.3) is 22.3 Å². The molecule has 172 valence electrons. The van der Waals surface area contributed by atoms with Gasteiger partial charge in [-0.25, -0.2) is 4.39 Å². The Labute approximate surface area is 194 Å². The van der Waals surface area contributed by atoms with Crippen molar-refractivity contribution in [1.29, 1.82) is 0 Å². The number of ether oxygens (including phenoxy) is 2. The first-order valence-corrected chi connectivity index (χ1v) is 11.7. The maximum absolute atomic E-state index is 14.6. The maximum atomic E-state index is 14.6. The first-order chi connectivity index (χ1) is 16.1. The predicted molar refractivity (Wildman–Crippen MR) is 130 cm³/mol. The molecular formula is C29H30F2O2. The largest absolute Gasteiger partial charge is 0.490 e. The van der Waals surface area contributed by atoms with Crippen LogP contribution < -0.4 is 4.74 Å². The number of halogens is 2. The lowest BCUT2D eigenvalue weighted by atomic mass is 9.90. The van der Waals surface area contributed by atoms with Gasteiger partial charge in [0.2, 0.25) is 5.82 Å². The third-order valence-corrected chi connectivity index (χ3v) is 6.14. The summed E-state index contributed by atoms with van der Waals surface area (Å²) in [6.07, 6.45) is 7.30. The third kappa shape index (κ3) is 5.33. The van der Waals surface area contributed by atoms with Crippen LogP contribution in [0, 0.1) is 11.6 Å². The van der Waals surface area contributed by atoms with Gasteiger partial charge in [-0.1, -0.05) is 67.6 Å². The quantitative estimate of drug-likeness (QED) is 0.342.